The van der Waals surface area contributed by atoms with E-state index >= 15 is 0 Å². The van der Waals surface area contributed by atoms with E-state index in [1.807, 2.05) is 66.7 Å². The van der Waals surface area contributed by atoms with Crippen molar-refractivity contribution in [2.75, 3.05) is 0 Å². The van der Waals surface area contributed by atoms with Crippen LogP contribution in [0.3, 0.4) is 0 Å². The van der Waals surface area contributed by atoms with Crippen molar-refractivity contribution in [3.05, 3.63) is 102 Å². The number of rotatable bonds is 10. The number of thiophene rings is 1. The Hall–Kier alpha value is -3.90. The summed E-state index contributed by atoms with van der Waals surface area (Å²) in [6, 6.07) is 26.6. The molecule has 9 nitrogen and oxygen atoms in total. The molecule has 3 N–H and O–H groups in total. The quantitative estimate of drug-likeness (QED) is 0.177. The average molecular weight is 548 g/mol. The fourth-order valence-corrected chi connectivity index (χ4v) is 6.55. The molecular weight excluding hydrogens is 522 g/mol. The molecule has 0 spiro atoms. The first kappa shape index (κ1) is 25.7. The van der Waals surface area contributed by atoms with Crippen molar-refractivity contribution < 1.29 is 18.4 Å². The maximum Gasteiger partial charge on any atom is 0.250 e. The Kier molecular flexibility index (Phi) is 7.61. The highest BCUT2D eigenvalue weighted by Crippen LogP contribution is 2.30. The number of benzene rings is 3. The summed E-state index contributed by atoms with van der Waals surface area (Å²) in [6.07, 6.45) is 2.04. The van der Waals surface area contributed by atoms with Gasteiger partial charge in [-0.3, -0.25) is 10.0 Å². The number of hydroxylamine groups is 1. The Morgan fingerprint density at radius 2 is 1.74 bits per heavy atom. The molecule has 11 heteroatoms. The molecule has 0 aliphatic carbocycles. The number of hydrogen-bond donors (Lipinski definition) is 3. The molecule has 0 aliphatic heterocycles. The summed E-state index contributed by atoms with van der Waals surface area (Å²) in [5.41, 5.74) is 4.02. The van der Waals surface area contributed by atoms with Crippen LogP contribution in [0.15, 0.2) is 95.3 Å². The summed E-state index contributed by atoms with van der Waals surface area (Å²) in [4.78, 5) is 12.9. The molecule has 2 heterocycles. The summed E-state index contributed by atoms with van der Waals surface area (Å²) in [6.45, 7) is -0.0597. The molecule has 194 valence electrons. The van der Waals surface area contributed by atoms with Gasteiger partial charge in [0.05, 0.1) is 30.9 Å². The van der Waals surface area contributed by atoms with E-state index in [0.717, 1.165) is 26.8 Å². The first-order valence-electron chi connectivity index (χ1n) is 11.9. The smallest absolute Gasteiger partial charge is 0.250 e. The van der Waals surface area contributed by atoms with Gasteiger partial charge in [-0.2, -0.15) is 0 Å². The predicted molar refractivity (Wildman–Crippen MR) is 145 cm³/mol. The Bertz CT molecular complexity index is 1670. The van der Waals surface area contributed by atoms with E-state index in [4.69, 9.17) is 5.21 Å². The fourth-order valence-electron chi connectivity index (χ4n) is 4.19. The minimum absolute atomic E-state index is 0.0324. The molecule has 0 saturated carbocycles. The van der Waals surface area contributed by atoms with E-state index in [1.165, 1.54) is 16.0 Å². The predicted octanol–water partition coefficient (Wildman–Crippen LogP) is 4.32. The maximum absolute atomic E-state index is 12.9. The van der Waals surface area contributed by atoms with Crippen LogP contribution in [0.4, 0.5) is 0 Å². The lowest BCUT2D eigenvalue weighted by molar-refractivity contribution is -0.130. The molecule has 0 saturated heterocycles. The minimum atomic E-state index is -3.75. The highest BCUT2D eigenvalue weighted by atomic mass is 32.2. The van der Waals surface area contributed by atoms with E-state index in [1.54, 1.807) is 23.8 Å². The third kappa shape index (κ3) is 5.97. The van der Waals surface area contributed by atoms with Gasteiger partial charge in [0.15, 0.2) is 0 Å². The molecule has 0 fully saturated rings. The third-order valence-electron chi connectivity index (χ3n) is 6.11. The minimum Gasteiger partial charge on any atom is -0.289 e. The maximum atomic E-state index is 12.9. The number of fused-ring (bicyclic) bond motifs is 1. The Balaban J connectivity index is 1.29. The van der Waals surface area contributed by atoms with Gasteiger partial charge >= 0.3 is 0 Å². The molecule has 1 atom stereocenters. The lowest BCUT2D eigenvalue weighted by Gasteiger charge is -2.16. The summed E-state index contributed by atoms with van der Waals surface area (Å²) in [5, 5.41) is 19.5. The van der Waals surface area contributed by atoms with Gasteiger partial charge < -0.3 is 0 Å². The van der Waals surface area contributed by atoms with Crippen LogP contribution in [0.2, 0.25) is 0 Å². The second-order valence-electron chi connectivity index (χ2n) is 8.78. The topological polar surface area (TPSA) is 126 Å². The van der Waals surface area contributed by atoms with Gasteiger partial charge in [-0.05, 0) is 40.5 Å². The lowest BCUT2D eigenvalue weighted by Crippen LogP contribution is -2.25. The number of hydrogen-bond acceptors (Lipinski definition) is 7. The van der Waals surface area contributed by atoms with Crippen molar-refractivity contribution in [1.82, 2.24) is 25.2 Å². The van der Waals surface area contributed by atoms with E-state index in [0.29, 0.717) is 12.1 Å². The van der Waals surface area contributed by atoms with Crippen LogP contribution < -0.4 is 10.2 Å². The molecule has 0 bridgehead atoms. The molecule has 2 aromatic heterocycles. The zero-order valence-electron chi connectivity index (χ0n) is 20.2. The number of amides is 1. The van der Waals surface area contributed by atoms with Gasteiger partial charge in [-0.1, -0.05) is 78.0 Å². The van der Waals surface area contributed by atoms with Gasteiger partial charge in [0.1, 0.15) is 4.21 Å². The molecule has 38 heavy (non-hydrogen) atoms. The lowest BCUT2D eigenvalue weighted by atomic mass is 10.00. The summed E-state index contributed by atoms with van der Waals surface area (Å²) in [7, 11) is -3.75. The number of carbonyl (C=O) groups excluding carboxylic acids is 1. The first-order chi connectivity index (χ1) is 18.4. The van der Waals surface area contributed by atoms with Gasteiger partial charge in [-0.25, -0.2) is 23.3 Å². The summed E-state index contributed by atoms with van der Waals surface area (Å²) in [5.74, 6) is -0.555. The second-order valence-corrected chi connectivity index (χ2v) is 11.9. The van der Waals surface area contributed by atoms with Crippen molar-refractivity contribution in [1.29, 1.82) is 0 Å². The van der Waals surface area contributed by atoms with Crippen LogP contribution in [0, 0.1) is 0 Å². The van der Waals surface area contributed by atoms with Gasteiger partial charge in [0.25, 0.3) is 0 Å². The van der Waals surface area contributed by atoms with Crippen molar-refractivity contribution in [3.63, 3.8) is 0 Å². The van der Waals surface area contributed by atoms with Crippen LogP contribution in [-0.4, -0.2) is 34.5 Å². The zero-order chi connectivity index (χ0) is 26.5. The molecule has 1 amide bonds. The van der Waals surface area contributed by atoms with Crippen LogP contribution in [0.5, 0.6) is 0 Å². The molecule has 0 radical (unpaired) electrons. The Morgan fingerprint density at radius 3 is 2.53 bits per heavy atom. The van der Waals surface area contributed by atoms with Gasteiger partial charge in [-0.15, -0.1) is 16.4 Å². The average Bonchev–Trinajstić information content (AvgIpc) is 3.63. The van der Waals surface area contributed by atoms with E-state index < -0.39 is 22.0 Å². The molecule has 5 aromatic rings. The molecule has 5 rings (SSSR count). The monoisotopic (exact) mass is 547 g/mol. The molecule has 3 aromatic carbocycles. The first-order valence-corrected chi connectivity index (χ1v) is 14.2. The molecule has 0 aliphatic rings. The normalized spacial score (nSPS) is 12.4. The number of carbonyl (C=O) groups is 1. The highest BCUT2D eigenvalue weighted by Gasteiger charge is 2.21. The van der Waals surface area contributed by atoms with Crippen molar-refractivity contribution in [2.45, 2.75) is 29.6 Å². The zero-order valence-corrected chi connectivity index (χ0v) is 21.8. The fraction of sp³-hybridized carbons (Fsp3) is 0.148. The summed E-state index contributed by atoms with van der Waals surface area (Å²) >= 11 is 1.19. The van der Waals surface area contributed by atoms with Crippen LogP contribution in [0.25, 0.3) is 21.2 Å². The van der Waals surface area contributed by atoms with Crippen LogP contribution in [-0.2, 0) is 27.8 Å². The van der Waals surface area contributed by atoms with Crippen molar-refractivity contribution in [3.8, 4) is 10.4 Å². The number of nitrogens with one attached hydrogen (secondary N) is 2. The van der Waals surface area contributed by atoms with E-state index in [-0.39, 0.29) is 17.2 Å². The van der Waals surface area contributed by atoms with Crippen LogP contribution >= 0.6 is 11.3 Å². The highest BCUT2D eigenvalue weighted by molar-refractivity contribution is 7.91. The van der Waals surface area contributed by atoms with E-state index in [9.17, 15) is 13.2 Å². The Labute approximate surface area is 223 Å². The number of nitrogens with zero attached hydrogens (tertiary/aromatic N) is 3. The van der Waals surface area contributed by atoms with E-state index in [2.05, 4.69) is 21.1 Å². The Morgan fingerprint density at radius 1 is 0.974 bits per heavy atom. The van der Waals surface area contributed by atoms with Crippen molar-refractivity contribution >= 4 is 38.0 Å². The van der Waals surface area contributed by atoms with Crippen LogP contribution in [0.1, 0.15) is 23.7 Å². The molecule has 1 unspecified atom stereocenters. The van der Waals surface area contributed by atoms with Gasteiger partial charge in [0, 0.05) is 4.88 Å². The largest absolute Gasteiger partial charge is 0.289 e. The number of aromatic nitrogens is 3. The second kappa shape index (κ2) is 11.2. The van der Waals surface area contributed by atoms with Crippen molar-refractivity contribution in [2.24, 2.45) is 0 Å². The number of sulfonamides is 1. The SMILES string of the molecule is O=C(CC(Cc1ccc2ccccc2c1)n1cc(CNS(=O)(=O)c2ccc(-c3ccccc3)s2)nn1)NO. The van der Waals surface area contributed by atoms with Gasteiger partial charge in [0.2, 0.25) is 15.9 Å². The summed E-state index contributed by atoms with van der Waals surface area (Å²) < 4.78 is 30.1. The third-order valence-corrected chi connectivity index (χ3v) is 9.14. The molecular formula is C27H25N5O4S2. The standard InChI is InChI=1S/C27H25N5O4S2/c33-26(30-34)16-24(15-19-10-11-20-6-4-5-9-22(20)14-19)32-18-23(29-31-32)17-28-38(35,36)27-13-12-25(37-27)21-7-2-1-3-8-21/h1-14,18,24,28,34H,15-17H2,(H,30,33).